The highest BCUT2D eigenvalue weighted by atomic mass is 16.4. The van der Waals surface area contributed by atoms with Gasteiger partial charge in [0.25, 0.3) is 33.4 Å². The van der Waals surface area contributed by atoms with E-state index in [0.29, 0.717) is 108 Å². The van der Waals surface area contributed by atoms with Crippen molar-refractivity contribution < 1.29 is 19.8 Å². The number of nitrogens with zero attached hydrogens (tertiary/aromatic N) is 19. The van der Waals surface area contributed by atoms with Crippen LogP contribution in [-0.2, 0) is 48.9 Å². The summed E-state index contributed by atoms with van der Waals surface area (Å²) in [5.41, 5.74) is 51.3. The van der Waals surface area contributed by atoms with Gasteiger partial charge in [-0.3, -0.25) is 105 Å². The van der Waals surface area contributed by atoms with Gasteiger partial charge in [-0.2, -0.15) is 15.0 Å². The minimum absolute atomic E-state index is 0.0133. The Bertz CT molecular complexity index is 6440. The molecule has 125 heavy (non-hydrogen) atoms. The van der Waals surface area contributed by atoms with Crippen LogP contribution in [0, 0.1) is 20.8 Å². The number of carbonyl (C=O) groups is 2. The highest BCUT2D eigenvalue weighted by Gasteiger charge is 2.24. The molecule has 0 spiro atoms. The van der Waals surface area contributed by atoms with Crippen LogP contribution in [0.4, 0.5) is 35.0 Å². The fraction of sp³-hybridized carbons (Fsp3) is 0.458. The quantitative estimate of drug-likeness (QED) is 0.0160. The van der Waals surface area contributed by atoms with Crippen LogP contribution in [0.1, 0.15) is 81.4 Å². The molecule has 30 N–H and O–H groups in total. The first-order valence-electron chi connectivity index (χ1n) is 39.5. The van der Waals surface area contributed by atoms with Crippen molar-refractivity contribution in [1.29, 1.82) is 0 Å². The lowest BCUT2D eigenvalue weighted by atomic mass is 10.1. The van der Waals surface area contributed by atoms with Crippen LogP contribution >= 0.6 is 0 Å². The minimum atomic E-state index is -0.969. The second-order valence-corrected chi connectivity index (χ2v) is 28.5. The number of aromatic nitrogens is 23. The predicted molar refractivity (Wildman–Crippen MR) is 464 cm³/mol. The Hall–Kier alpha value is -14.4. The van der Waals surface area contributed by atoms with Crippen LogP contribution in [-0.4, -0.2) is 235 Å². The molecule has 53 heteroatoms. The summed E-state index contributed by atoms with van der Waals surface area (Å²) in [6, 6.07) is 0.00439. The van der Waals surface area contributed by atoms with Gasteiger partial charge in [-0.15, -0.1) is 0 Å². The Balaban J connectivity index is 0.000000192. The summed E-state index contributed by atoms with van der Waals surface area (Å²) < 4.78 is 7.83. The van der Waals surface area contributed by atoms with Crippen molar-refractivity contribution in [3.05, 3.63) is 167 Å². The zero-order valence-electron chi connectivity index (χ0n) is 68.6. The number of carboxylic acid groups (broad SMARTS) is 2. The molecule has 0 unspecified atom stereocenters. The number of carboxylic acids is 2. The van der Waals surface area contributed by atoms with Crippen molar-refractivity contribution in [2.24, 2.45) is 22.9 Å². The summed E-state index contributed by atoms with van der Waals surface area (Å²) in [6.07, 6.45) is 10.8. The number of nitrogens with two attached hydrogens (primary N) is 10. The minimum Gasteiger partial charge on any atom is -0.480 e. The number of pyridine rings is 1. The lowest BCUT2D eigenvalue weighted by Crippen LogP contribution is -2.40. The molecule has 0 fully saturated rings. The smallest absolute Gasteiger partial charge is 0.330 e. The summed E-state index contributed by atoms with van der Waals surface area (Å²) in [7, 11) is 0. The summed E-state index contributed by atoms with van der Waals surface area (Å²) in [5.74, 6) is -2.00. The first-order chi connectivity index (χ1) is 59.7. The highest BCUT2D eigenvalue weighted by Crippen LogP contribution is 2.18. The normalized spacial score (nSPS) is 11.9. The van der Waals surface area contributed by atoms with E-state index in [9.17, 15) is 77.3 Å². The first kappa shape index (κ1) is 94.5. The summed E-state index contributed by atoms with van der Waals surface area (Å²) >= 11 is 0. The third-order valence-electron chi connectivity index (χ3n) is 19.9. The van der Waals surface area contributed by atoms with Gasteiger partial charge in [0.15, 0.2) is 33.9 Å². The molecule has 12 aromatic heterocycles. The standard InChI is InChI=1S/C21H29N13O4.C21H27N11O4.C15H23N7O4.C15H22N6O4/c1-10-11-14(28-18(24)26-10)33(20(37)30-16(11)35)8-6-32(5-3-2-4-22)7-9-34-15-12(17(36)31-21(34)38)13(23)27-19(25)29-15;1-12-13-16(26-10-24-12)31(20(35)28-18(13)33)8-6-30(5-3-2-4-22)7-9-32-17-14(15(23)25-11-27-17)19(34)29-21(32)36;1-8-19-11(17)10-12(20-8)22(15(26)21-13(10)23)7-6-18-9(14(24)25)4-2-3-5-16;16-5-2-1-3-10(14(23)24)18-7-8-21-12-11(9(17)4-6-19-12)13(22)20-15(21)25/h2-9,22H2,1H3,(H2,24,26,28)(H,30,35,37)(H,31,36,38)(H4,23,25,27,29);10-11H,2-9,22H2,1H3,(H2,23,25,27)(H,28,33,35)(H,29,34,36);9,18H,2-7,16H2,1H3,(H,24,25)(H2,17,19,20)(H,21,23,26);4,6,10,18H,1-3,5,7-8,16H2,(H2,17,19)(H,23,24)(H,20,22,25)/t;;9-;10-/m..00/s1. The molecule has 670 valence electrons. The van der Waals surface area contributed by atoms with E-state index < -0.39 is 91.5 Å². The van der Waals surface area contributed by atoms with Crippen molar-refractivity contribution in [2.75, 3.05) is 113 Å². The number of anilines is 6. The second kappa shape index (κ2) is 43.9. The van der Waals surface area contributed by atoms with Gasteiger partial charge in [0.05, 0.1) is 11.4 Å². The fourth-order valence-corrected chi connectivity index (χ4v) is 13.7. The largest absolute Gasteiger partial charge is 0.480 e. The molecule has 0 bridgehead atoms. The topological polar surface area (TPSA) is 836 Å². The molecular weight excluding hydrogens is 1640 g/mol. The van der Waals surface area contributed by atoms with Crippen molar-refractivity contribution in [2.45, 2.75) is 136 Å². The second-order valence-electron chi connectivity index (χ2n) is 28.5. The summed E-state index contributed by atoms with van der Waals surface area (Å²) in [6.45, 7) is 11.1. The van der Waals surface area contributed by atoms with E-state index in [-0.39, 0.29) is 154 Å². The number of rotatable bonds is 38. The van der Waals surface area contributed by atoms with Gasteiger partial charge in [-0.25, -0.2) is 68.6 Å². The van der Waals surface area contributed by atoms with Crippen LogP contribution in [0.5, 0.6) is 0 Å². The van der Waals surface area contributed by atoms with E-state index in [1.54, 1.807) is 20.8 Å². The van der Waals surface area contributed by atoms with Crippen LogP contribution in [0.15, 0.2) is 82.5 Å². The molecule has 0 radical (unpaired) electrons. The number of fused-ring (bicyclic) bond motifs is 6. The van der Waals surface area contributed by atoms with Crippen LogP contribution < -0.4 is 135 Å². The molecule has 0 aliphatic heterocycles. The molecule has 0 aromatic carbocycles. The zero-order valence-corrected chi connectivity index (χ0v) is 68.6. The molecule has 0 aliphatic carbocycles. The molecule has 12 rings (SSSR count). The molecule has 53 nitrogen and oxygen atoms in total. The van der Waals surface area contributed by atoms with E-state index in [1.807, 2.05) is 4.90 Å². The highest BCUT2D eigenvalue weighted by molar-refractivity contribution is 5.88. The van der Waals surface area contributed by atoms with Crippen LogP contribution in [0.2, 0.25) is 0 Å². The summed E-state index contributed by atoms with van der Waals surface area (Å²) in [4.78, 5) is 232. The first-order valence-corrected chi connectivity index (χ1v) is 39.5. The average Bonchev–Trinajstić information content (AvgIpc) is 0.836. The number of nitrogen functional groups attached to an aromatic ring is 6. The number of aliphatic carboxylic acids is 2. The number of nitrogens with one attached hydrogen (secondary N) is 8. The van der Waals surface area contributed by atoms with Gasteiger partial charge in [-0.05, 0) is 117 Å². The number of hydrogen-bond acceptors (Lipinski definition) is 39. The molecule has 0 aliphatic rings. The van der Waals surface area contributed by atoms with Gasteiger partial charge < -0.3 is 78.2 Å². The Morgan fingerprint density at radius 1 is 0.368 bits per heavy atom. The molecular formula is C72H101N37O16. The van der Waals surface area contributed by atoms with Crippen molar-refractivity contribution in [1.82, 2.24) is 133 Å². The van der Waals surface area contributed by atoms with Gasteiger partial charge in [-0.1, -0.05) is 12.8 Å². The number of hydrogen-bond donors (Lipinski definition) is 20. The molecule has 0 saturated heterocycles. The molecule has 12 heterocycles. The lowest BCUT2D eigenvalue weighted by Gasteiger charge is -2.23. The monoisotopic (exact) mass is 1740 g/mol. The number of H-pyrrole nitrogens is 6. The van der Waals surface area contributed by atoms with E-state index in [0.717, 1.165) is 38.5 Å². The Kier molecular flexibility index (Phi) is 33.2. The van der Waals surface area contributed by atoms with E-state index in [1.165, 1.54) is 52.3 Å². The number of aromatic amines is 6. The van der Waals surface area contributed by atoms with Gasteiger partial charge in [0.1, 0.15) is 80.3 Å². The fourth-order valence-electron chi connectivity index (χ4n) is 13.7. The van der Waals surface area contributed by atoms with Crippen molar-refractivity contribution in [3.8, 4) is 0 Å². The maximum absolute atomic E-state index is 12.7. The van der Waals surface area contributed by atoms with Crippen molar-refractivity contribution >= 4 is 113 Å². The van der Waals surface area contributed by atoms with Gasteiger partial charge in [0, 0.05) is 90.4 Å². The lowest BCUT2D eigenvalue weighted by molar-refractivity contribution is -0.140. The average molecular weight is 1740 g/mol. The van der Waals surface area contributed by atoms with Gasteiger partial charge >= 0.3 is 46.1 Å². The molecule has 2 atom stereocenters. The molecule has 12 aromatic rings. The van der Waals surface area contributed by atoms with E-state index in [4.69, 9.17) is 57.3 Å². The molecule has 0 saturated carbocycles. The Morgan fingerprint density at radius 2 is 0.704 bits per heavy atom. The third kappa shape index (κ3) is 23.7. The zero-order chi connectivity index (χ0) is 91.0. The Morgan fingerprint density at radius 3 is 1.14 bits per heavy atom. The van der Waals surface area contributed by atoms with Crippen LogP contribution in [0.25, 0.3) is 66.2 Å². The summed E-state index contributed by atoms with van der Waals surface area (Å²) in [5, 5.41) is 24.9. The predicted octanol–water partition coefficient (Wildman–Crippen LogP) is -7.65. The van der Waals surface area contributed by atoms with Crippen LogP contribution in [0.3, 0.4) is 0 Å². The SMILES string of the molecule is Cc1nc(N)c2c(=O)[nH]c(=O)n(CCN[C@@H](CCCCN)C(=O)O)c2n1.Cc1nc(N)nc2c1c(=O)[nH]c(=O)n2CCN(CCCCN)CCn1c(=O)[nH]c(=O)c2c(N)nc(N)nc21.Cc1ncnc2c1c(=O)[nH]c(=O)n2CCN(CCCCN)CCn1c(=O)[nH]c(=O)c2c(N)ncnc21.NCCCC[C@H](NCCn1c(=O)[nH]c(=O)c2c(N)ccnc21)C(=O)O. The van der Waals surface area contributed by atoms with E-state index >= 15 is 0 Å². The number of unbranched alkanes of at least 4 members (excludes halogenated alkanes) is 4. The number of aryl methyl sites for hydroxylation is 3. The maximum atomic E-state index is 12.7. The maximum Gasteiger partial charge on any atom is 0.330 e. The van der Waals surface area contributed by atoms with E-state index in [2.05, 4.69) is 100 Å². The van der Waals surface area contributed by atoms with Crippen molar-refractivity contribution in [3.63, 3.8) is 0 Å². The third-order valence-corrected chi connectivity index (χ3v) is 19.9. The Labute approximate surface area is 702 Å². The van der Waals surface area contributed by atoms with Gasteiger partial charge in [0.2, 0.25) is 11.9 Å². The molecule has 0 amide bonds.